The van der Waals surface area contributed by atoms with Gasteiger partial charge in [-0.15, -0.1) is 0 Å². The van der Waals surface area contributed by atoms with Crippen LogP contribution in [-0.4, -0.2) is 316 Å². The Balaban J connectivity index is 0.0000187. The maximum absolute atomic E-state index is 12.7. The highest BCUT2D eigenvalue weighted by Crippen LogP contribution is 2.24. The molecule has 3 heterocycles. The third-order valence-electron chi connectivity index (χ3n) is 14.6. The van der Waals surface area contributed by atoms with Crippen molar-refractivity contribution in [3.63, 3.8) is 0 Å². The van der Waals surface area contributed by atoms with Crippen LogP contribution in [0, 0.1) is 0 Å². The number of aliphatic hydroxyl groups excluding tert-OH is 2. The van der Waals surface area contributed by atoms with Gasteiger partial charge in [0.05, 0.1) is 106 Å². The Bertz CT molecular complexity index is 1620. The van der Waals surface area contributed by atoms with Gasteiger partial charge in [-0.2, -0.15) is 0 Å². The number of likely N-dealkylation sites (N-methyl/N-ethyl adjacent to an activating group) is 5. The first kappa shape index (κ1) is 68.2. The van der Waals surface area contributed by atoms with E-state index in [1.54, 1.807) is 0 Å². The number of piperazine rings is 3. The Morgan fingerprint density at radius 2 is 0.811 bits per heavy atom. The van der Waals surface area contributed by atoms with Crippen LogP contribution in [0.4, 0.5) is 0 Å². The number of aliphatic hydroxyl groups is 2. The van der Waals surface area contributed by atoms with Crippen LogP contribution in [0.5, 0.6) is 0 Å². The fourth-order valence-corrected chi connectivity index (χ4v) is 18.3. The topological polar surface area (TPSA) is 198 Å². The van der Waals surface area contributed by atoms with Crippen LogP contribution in [0.3, 0.4) is 0 Å². The van der Waals surface area contributed by atoms with Crippen LogP contribution in [0.2, 0.25) is 38.3 Å². The highest BCUT2D eigenvalue weighted by Gasteiger charge is 2.41. The van der Waals surface area contributed by atoms with Crippen molar-refractivity contribution >= 4 is 40.5 Å². The summed E-state index contributed by atoms with van der Waals surface area (Å²) in [6.45, 7) is 25.6. The molecule has 0 saturated carbocycles. The number of rotatable bonds is 37. The molecule has 21 nitrogen and oxygen atoms in total. The minimum absolute atomic E-state index is 0. The Morgan fingerprint density at radius 3 is 1.16 bits per heavy atom. The number of hydrogen-bond donors (Lipinski definition) is 2. The highest BCUT2D eigenvalue weighted by molar-refractivity contribution is 6.84. The number of carbonyl (C=O) groups is 4. The zero-order valence-corrected chi connectivity index (χ0v) is 50.2. The summed E-state index contributed by atoms with van der Waals surface area (Å²) in [5, 5.41) is 20.4. The van der Waals surface area contributed by atoms with Gasteiger partial charge in [0.15, 0.2) is 42.8 Å². The van der Waals surface area contributed by atoms with Gasteiger partial charge in [-0.25, -0.2) is 19.2 Å². The van der Waals surface area contributed by atoms with Crippen molar-refractivity contribution in [1.29, 1.82) is 0 Å². The molecule has 0 aromatic rings. The lowest BCUT2D eigenvalue weighted by atomic mass is 10.2. The monoisotopic (exact) mass is 1120 g/mol. The molecule has 0 radical (unpaired) electrons. The second-order valence-corrected chi connectivity index (χ2v) is 32.2. The molecule has 3 rings (SSSR count). The van der Waals surface area contributed by atoms with Gasteiger partial charge in [0.1, 0.15) is 52.6 Å². The first-order chi connectivity index (χ1) is 34.3. The maximum Gasteiger partial charge on any atom is 0.361 e. The fourth-order valence-electron chi connectivity index (χ4n) is 9.49. The normalized spacial score (nSPS) is 22.3. The summed E-state index contributed by atoms with van der Waals surface area (Å²) < 4.78 is 53.3. The average Bonchev–Trinajstić information content (AvgIpc) is 3.30. The third kappa shape index (κ3) is 29.7. The number of ether oxygens (including phenoxy) is 8. The molecule has 0 bridgehead atoms. The molecule has 3 aliphatic rings. The summed E-state index contributed by atoms with van der Waals surface area (Å²) in [5.41, 5.74) is 0. The minimum Gasteiger partial charge on any atom is -1.00 e. The Hall–Kier alpha value is -1.92. The Kier molecular flexibility index (Phi) is 31.5. The number of quaternary nitrogens is 4. The maximum atomic E-state index is 12.7. The molecule has 3 fully saturated rings. The molecule has 3 saturated heterocycles. The smallest absolute Gasteiger partial charge is 0.361 e. The van der Waals surface area contributed by atoms with Gasteiger partial charge in [0.25, 0.3) is 0 Å². The Labute approximate surface area is 452 Å². The van der Waals surface area contributed by atoms with Crippen molar-refractivity contribution < 1.29 is 102 Å². The summed E-state index contributed by atoms with van der Waals surface area (Å²) in [6.07, 6.45) is 1.58. The van der Waals surface area contributed by atoms with E-state index >= 15 is 0 Å². The summed E-state index contributed by atoms with van der Waals surface area (Å²) in [4.78, 5) is 54.9. The lowest BCUT2D eigenvalue weighted by Crippen LogP contribution is -3.00. The predicted molar refractivity (Wildman–Crippen MR) is 281 cm³/mol. The van der Waals surface area contributed by atoms with Crippen molar-refractivity contribution in [1.82, 2.24) is 9.80 Å². The van der Waals surface area contributed by atoms with Gasteiger partial charge < -0.3 is 82.6 Å². The number of halogens is 1. The average molecular weight is 1120 g/mol. The van der Waals surface area contributed by atoms with E-state index in [2.05, 4.69) is 57.1 Å². The van der Waals surface area contributed by atoms with Crippen molar-refractivity contribution in [2.24, 2.45) is 0 Å². The van der Waals surface area contributed by atoms with Gasteiger partial charge >= 0.3 is 23.9 Å². The first-order valence-electron chi connectivity index (χ1n) is 27.1. The summed E-state index contributed by atoms with van der Waals surface area (Å²) in [7, 11) is 6.60. The van der Waals surface area contributed by atoms with Gasteiger partial charge in [-0.1, -0.05) is 6.92 Å². The lowest BCUT2D eigenvalue weighted by Gasteiger charge is -2.45. The largest absolute Gasteiger partial charge is 1.00 e. The molecule has 0 aliphatic carbocycles. The Morgan fingerprint density at radius 1 is 0.486 bits per heavy atom. The lowest BCUT2D eigenvalue weighted by molar-refractivity contribution is -1.01. The minimum atomic E-state index is -1.85. The van der Waals surface area contributed by atoms with E-state index in [-0.39, 0.29) is 121 Å². The third-order valence-corrected chi connectivity index (χ3v) is 22.1. The first-order valence-corrected chi connectivity index (χ1v) is 33.3. The van der Waals surface area contributed by atoms with Gasteiger partial charge in [-0.05, 0) is 64.6 Å². The number of β-amino-alcohol motifs (C(OH)–C–C–N with tert-alkyl or cyclic N) is 1. The van der Waals surface area contributed by atoms with Crippen LogP contribution < -0.4 is 12.4 Å². The van der Waals surface area contributed by atoms with E-state index in [0.29, 0.717) is 83.4 Å². The zero-order chi connectivity index (χ0) is 54.0. The van der Waals surface area contributed by atoms with Crippen LogP contribution >= 0.6 is 0 Å². The van der Waals surface area contributed by atoms with Crippen molar-refractivity contribution in [2.75, 3.05) is 226 Å². The molecule has 2 unspecified atom stereocenters. The number of esters is 4. The van der Waals surface area contributed by atoms with Crippen LogP contribution in [0.25, 0.3) is 0 Å². The summed E-state index contributed by atoms with van der Waals surface area (Å²) in [6, 6.07) is 2.03. The van der Waals surface area contributed by atoms with E-state index in [9.17, 15) is 29.4 Å². The van der Waals surface area contributed by atoms with E-state index in [0.717, 1.165) is 77.3 Å². The molecular weight excluding hydrogens is 1020 g/mol. The second kappa shape index (κ2) is 34.2. The van der Waals surface area contributed by atoms with E-state index in [4.69, 9.17) is 42.0 Å². The molecular formula is C50H102ClN6O15Si2+3. The fraction of sp³-hybridized carbons (Fsp3) is 0.920. The molecule has 0 amide bonds. The number of hydrogen-bond acceptors (Lipinski definition) is 17. The molecule has 0 aromatic carbocycles. The molecule has 3 aliphatic heterocycles. The zero-order valence-electron chi connectivity index (χ0n) is 47.5. The quantitative estimate of drug-likeness (QED) is 0.0220. The molecule has 24 heteroatoms. The predicted octanol–water partition coefficient (Wildman–Crippen LogP) is -2.37. The van der Waals surface area contributed by atoms with Gasteiger partial charge in [0, 0.05) is 45.9 Å². The number of carbonyl (C=O) groups excluding carboxylic acids is 4. The molecule has 0 aromatic heterocycles. The van der Waals surface area contributed by atoms with Crippen molar-refractivity contribution in [3.05, 3.63) is 0 Å². The highest BCUT2D eigenvalue weighted by atomic mass is 35.5. The van der Waals surface area contributed by atoms with Crippen LogP contribution in [0.1, 0.15) is 26.2 Å². The molecule has 74 heavy (non-hydrogen) atoms. The van der Waals surface area contributed by atoms with E-state index in [1.165, 1.54) is 0 Å². The van der Waals surface area contributed by atoms with Crippen molar-refractivity contribution in [3.8, 4) is 0 Å². The SMILES string of the molecule is CCC(O)COCCC[Si](C)(C)O[Si](C)(C)CCCOCC(O)CN1CC[N+](C)(CC(=O)OCCOCCOC(=O)C[N+]2(C)CC[N+](C)(CC(=O)OCCOCCOC(=O)C[N+]3(C)CCN(C)CC3)CC2)CC1.[Cl-]. The van der Waals surface area contributed by atoms with Gasteiger partial charge in [-0.3, -0.25) is 9.80 Å². The molecule has 2 atom stereocenters. The summed E-state index contributed by atoms with van der Waals surface area (Å²) in [5.74, 6) is -1.13. The van der Waals surface area contributed by atoms with Crippen LogP contribution in [0.15, 0.2) is 0 Å². The van der Waals surface area contributed by atoms with Crippen LogP contribution in [-0.2, 0) is 61.2 Å². The standard InChI is InChI=1S/C50H102N6O15Si2.ClH/c1-11-45(57)43-65-26-12-36-72(7,8)71-73(9,10)37-13-27-66-44-46(58)38-52-16-20-54(4,21-17-52)40-48(60)68-33-29-64-31-35-70-50(62)42-56(6)24-22-55(5,23-25-56)41-49(61)69-34-30-63-28-32-67-47(59)39-53(3)18-14-51(2)15-19-53;/h45-46,57-58H,11-44H2,1-10H3;1H/q+4;/p-1. The molecule has 0 spiro atoms. The van der Waals surface area contributed by atoms with E-state index in [1.807, 2.05) is 21.0 Å². The molecule has 434 valence electrons. The second-order valence-electron chi connectivity index (χ2n) is 23.3. The molecule has 2 N–H and O–H groups in total. The summed E-state index contributed by atoms with van der Waals surface area (Å²) >= 11 is 0. The number of nitrogens with zero attached hydrogens (tertiary/aromatic N) is 6. The van der Waals surface area contributed by atoms with Crippen molar-refractivity contribution in [2.45, 2.75) is 76.7 Å². The van der Waals surface area contributed by atoms with Gasteiger partial charge in [0.2, 0.25) is 0 Å². The van der Waals surface area contributed by atoms with E-state index < -0.39 is 22.7 Å².